The van der Waals surface area contributed by atoms with E-state index in [9.17, 15) is 4.39 Å². The van der Waals surface area contributed by atoms with Gasteiger partial charge in [-0.05, 0) is 101 Å². The van der Waals surface area contributed by atoms with Crippen LogP contribution in [-0.4, -0.2) is 55.3 Å². The fourth-order valence-electron chi connectivity index (χ4n) is 5.26. The van der Waals surface area contributed by atoms with Gasteiger partial charge < -0.3 is 15.1 Å². The lowest BCUT2D eigenvalue weighted by atomic mass is 9.93. The molecule has 2 fully saturated rings. The van der Waals surface area contributed by atoms with Crippen molar-refractivity contribution in [3.05, 3.63) is 89.6 Å². The summed E-state index contributed by atoms with van der Waals surface area (Å²) >= 11 is 0. The third-order valence-corrected chi connectivity index (χ3v) is 7.88. The largest absolute Gasteiger partial charge is 0.387 e. The molecule has 0 bridgehead atoms. The maximum Gasteiger partial charge on any atom is 0.123 e. The van der Waals surface area contributed by atoms with E-state index >= 15 is 0 Å². The highest BCUT2D eigenvalue weighted by Crippen LogP contribution is 2.36. The maximum absolute atomic E-state index is 14.5. The minimum absolute atomic E-state index is 0.162. The molecule has 1 N–H and O–H groups in total. The Kier molecular flexibility index (Phi) is 11.2. The van der Waals surface area contributed by atoms with E-state index < -0.39 is 0 Å². The zero-order chi connectivity index (χ0) is 28.5. The van der Waals surface area contributed by atoms with Crippen molar-refractivity contribution in [2.45, 2.75) is 71.8 Å². The van der Waals surface area contributed by atoms with E-state index in [2.05, 4.69) is 79.8 Å². The van der Waals surface area contributed by atoms with Gasteiger partial charge in [0.1, 0.15) is 5.82 Å². The number of likely N-dealkylation sites (tertiary alicyclic amines) is 1. The van der Waals surface area contributed by atoms with Gasteiger partial charge in [-0.25, -0.2) is 4.39 Å². The Morgan fingerprint density at radius 2 is 1.87 bits per heavy atom. The molecule has 5 heteroatoms. The van der Waals surface area contributed by atoms with Crippen LogP contribution in [0.1, 0.15) is 70.4 Å². The summed E-state index contributed by atoms with van der Waals surface area (Å²) in [7, 11) is 3.98. The number of hydrogen-bond donors (Lipinski definition) is 1. The molecule has 0 aromatic heterocycles. The average Bonchev–Trinajstić information content (AvgIpc) is 3.76. The summed E-state index contributed by atoms with van der Waals surface area (Å²) in [6, 6.07) is 5.26. The first-order chi connectivity index (χ1) is 18.6. The van der Waals surface area contributed by atoms with Gasteiger partial charge in [0.2, 0.25) is 0 Å². The molecule has 39 heavy (non-hydrogen) atoms. The topological polar surface area (TPSA) is 30.9 Å². The second kappa shape index (κ2) is 14.3. The second-order valence-corrected chi connectivity index (χ2v) is 11.4. The first-order valence-electron chi connectivity index (χ1n) is 14.5. The average molecular weight is 533 g/mol. The summed E-state index contributed by atoms with van der Waals surface area (Å²) in [6.07, 6.45) is 11.8. The number of nitrogens with zero attached hydrogens (tertiary/aromatic N) is 3. The smallest absolute Gasteiger partial charge is 0.123 e. The standard InChI is InChI=1S/C34H49FN4/c1-24(2)21-33(36-7)34-11-9-10-19-39(34)28(6)32-23-31(35)17-16-30(32)13-12-26(4)37-18-20-38(8)27(5)22-25(3)29-14-15-29/h16-17,21-23,29,34,37H,3-4,6,9-15,18-20H2,1-2,5,7-8H3/b27-22+,36-33?. The molecule has 1 aliphatic carbocycles. The first kappa shape index (κ1) is 30.5. The normalized spacial score (nSPS) is 18.0. The van der Waals surface area contributed by atoms with E-state index in [0.717, 1.165) is 80.0 Å². The summed E-state index contributed by atoms with van der Waals surface area (Å²) in [5.41, 5.74) is 8.65. The molecule has 0 spiro atoms. The van der Waals surface area contributed by atoms with E-state index in [4.69, 9.17) is 0 Å². The highest BCUT2D eigenvalue weighted by atomic mass is 19.1. The van der Waals surface area contributed by atoms with Crippen molar-refractivity contribution in [2.24, 2.45) is 10.9 Å². The monoisotopic (exact) mass is 532 g/mol. The van der Waals surface area contributed by atoms with Gasteiger partial charge in [0.15, 0.2) is 0 Å². The third kappa shape index (κ3) is 8.98. The van der Waals surface area contributed by atoms with Crippen LogP contribution in [0.3, 0.4) is 0 Å². The van der Waals surface area contributed by atoms with Crippen molar-refractivity contribution in [1.29, 1.82) is 0 Å². The van der Waals surface area contributed by atoms with Crippen LogP contribution in [0.25, 0.3) is 5.70 Å². The summed E-state index contributed by atoms with van der Waals surface area (Å²) in [5.74, 6) is 0.462. The summed E-state index contributed by atoms with van der Waals surface area (Å²) in [5, 5.41) is 3.48. The van der Waals surface area contributed by atoms with Crippen LogP contribution in [0.2, 0.25) is 0 Å². The molecule has 1 saturated carbocycles. The fraction of sp³-hybridized carbons (Fsp3) is 0.500. The first-order valence-corrected chi connectivity index (χ1v) is 14.5. The van der Waals surface area contributed by atoms with Gasteiger partial charge in [0.25, 0.3) is 0 Å². The van der Waals surface area contributed by atoms with Crippen molar-refractivity contribution < 1.29 is 4.39 Å². The molecule has 1 aromatic rings. The molecule has 0 amide bonds. The van der Waals surface area contributed by atoms with Gasteiger partial charge in [-0.2, -0.15) is 0 Å². The van der Waals surface area contributed by atoms with E-state index in [1.807, 2.05) is 13.1 Å². The molecule has 1 heterocycles. The quantitative estimate of drug-likeness (QED) is 0.198. The molecule has 1 aromatic carbocycles. The Morgan fingerprint density at radius 3 is 2.54 bits per heavy atom. The number of rotatable bonds is 14. The number of aliphatic imine (C=N–C) groups is 1. The zero-order valence-electron chi connectivity index (χ0n) is 25.0. The Labute approximate surface area is 236 Å². The van der Waals surface area contributed by atoms with Crippen molar-refractivity contribution >= 4 is 11.4 Å². The summed E-state index contributed by atoms with van der Waals surface area (Å²) < 4.78 is 14.5. The minimum atomic E-state index is -0.232. The summed E-state index contributed by atoms with van der Waals surface area (Å²) in [6.45, 7) is 21.9. The van der Waals surface area contributed by atoms with Crippen LogP contribution in [0, 0.1) is 11.7 Å². The lowest BCUT2D eigenvalue weighted by Gasteiger charge is -2.39. The van der Waals surface area contributed by atoms with Crippen molar-refractivity contribution in [3.63, 3.8) is 0 Å². The van der Waals surface area contributed by atoms with Crippen LogP contribution in [-0.2, 0) is 6.42 Å². The molecule has 1 saturated heterocycles. The number of aryl methyl sites for hydroxylation is 1. The number of halogens is 1. The number of allylic oxidation sites excluding steroid dienone is 5. The van der Waals surface area contributed by atoms with Crippen molar-refractivity contribution in [1.82, 2.24) is 15.1 Å². The van der Waals surface area contributed by atoms with Crippen LogP contribution in [0.15, 0.2) is 77.6 Å². The lowest BCUT2D eigenvalue weighted by Crippen LogP contribution is -2.43. The maximum atomic E-state index is 14.5. The molecule has 2 aliphatic rings. The predicted molar refractivity (Wildman–Crippen MR) is 166 cm³/mol. The van der Waals surface area contributed by atoms with Crippen LogP contribution >= 0.6 is 0 Å². The molecule has 1 atom stereocenters. The number of benzene rings is 1. The second-order valence-electron chi connectivity index (χ2n) is 11.4. The highest BCUT2D eigenvalue weighted by molar-refractivity contribution is 6.00. The fourth-order valence-corrected chi connectivity index (χ4v) is 5.26. The molecule has 212 valence electrons. The lowest BCUT2D eigenvalue weighted by molar-refractivity contribution is 0.283. The van der Waals surface area contributed by atoms with Gasteiger partial charge >= 0.3 is 0 Å². The Morgan fingerprint density at radius 1 is 1.13 bits per heavy atom. The van der Waals surface area contributed by atoms with E-state index in [0.29, 0.717) is 5.92 Å². The number of nitrogens with one attached hydrogen (secondary N) is 1. The Bertz CT molecular complexity index is 1130. The number of likely N-dealkylation sites (N-methyl/N-ethyl adjacent to an activating group) is 1. The van der Waals surface area contributed by atoms with E-state index in [1.165, 1.54) is 29.7 Å². The van der Waals surface area contributed by atoms with Gasteiger partial charge in [0, 0.05) is 56.4 Å². The molecular formula is C34H49FN4. The predicted octanol–water partition coefficient (Wildman–Crippen LogP) is 7.53. The van der Waals surface area contributed by atoms with E-state index in [1.54, 1.807) is 12.1 Å². The van der Waals surface area contributed by atoms with Gasteiger partial charge in [-0.15, -0.1) is 0 Å². The number of piperidine rings is 1. The molecule has 3 rings (SSSR count). The van der Waals surface area contributed by atoms with Crippen LogP contribution in [0.4, 0.5) is 4.39 Å². The van der Waals surface area contributed by atoms with Gasteiger partial charge in [0.05, 0.1) is 11.8 Å². The zero-order valence-corrected chi connectivity index (χ0v) is 25.0. The van der Waals surface area contributed by atoms with Gasteiger partial charge in [-0.1, -0.05) is 36.9 Å². The van der Waals surface area contributed by atoms with E-state index in [-0.39, 0.29) is 11.9 Å². The van der Waals surface area contributed by atoms with Crippen LogP contribution < -0.4 is 5.32 Å². The Hall–Kier alpha value is -3.08. The minimum Gasteiger partial charge on any atom is -0.387 e. The van der Waals surface area contributed by atoms with Crippen LogP contribution in [0.5, 0.6) is 0 Å². The van der Waals surface area contributed by atoms with Crippen molar-refractivity contribution in [3.8, 4) is 0 Å². The molecule has 1 aliphatic heterocycles. The number of hydrogen-bond acceptors (Lipinski definition) is 4. The molecule has 1 unspecified atom stereocenters. The van der Waals surface area contributed by atoms with Gasteiger partial charge in [-0.3, -0.25) is 4.99 Å². The molecular weight excluding hydrogens is 483 g/mol. The summed E-state index contributed by atoms with van der Waals surface area (Å²) in [4.78, 5) is 9.20. The third-order valence-electron chi connectivity index (χ3n) is 7.88. The highest BCUT2D eigenvalue weighted by Gasteiger charge is 2.28. The molecule has 4 nitrogen and oxygen atoms in total. The Balaban J connectivity index is 1.60. The van der Waals surface area contributed by atoms with Crippen molar-refractivity contribution in [2.75, 3.05) is 33.7 Å². The SMILES string of the molecule is C=C(CCc1ccc(F)cc1C(=C)N1CCCCC1C(C=C(C)C)=NC)NCCN(C)/C(C)=C/C(=C)C1CC1. The molecule has 0 radical (unpaired) electrons.